The van der Waals surface area contributed by atoms with Gasteiger partial charge in [0.25, 0.3) is 0 Å². The summed E-state index contributed by atoms with van der Waals surface area (Å²) in [5.41, 5.74) is 0.580. The van der Waals surface area contributed by atoms with Crippen molar-refractivity contribution in [3.63, 3.8) is 0 Å². The zero-order chi connectivity index (χ0) is 17.2. The first kappa shape index (κ1) is 16.0. The normalized spacial score (nSPS) is 21.8. The number of likely N-dealkylation sites (tertiary alicyclic amines) is 1. The molecule has 1 saturated heterocycles. The van der Waals surface area contributed by atoms with Gasteiger partial charge < -0.3 is 9.84 Å². The van der Waals surface area contributed by atoms with Crippen molar-refractivity contribution in [2.45, 2.75) is 38.1 Å². The molecule has 0 aromatic carbocycles. The highest BCUT2D eigenvalue weighted by atomic mass is 16.5. The minimum Gasteiger partial charge on any atom is -0.370 e. The first-order valence-electron chi connectivity index (χ1n) is 8.90. The summed E-state index contributed by atoms with van der Waals surface area (Å²) in [6, 6.07) is 5.88. The molecule has 0 amide bonds. The number of rotatable bonds is 6. The van der Waals surface area contributed by atoms with Gasteiger partial charge in [-0.05, 0) is 50.8 Å². The Morgan fingerprint density at radius 1 is 1.40 bits per heavy atom. The highest BCUT2D eigenvalue weighted by Crippen LogP contribution is 2.39. The van der Waals surface area contributed by atoms with E-state index < -0.39 is 0 Å². The lowest BCUT2D eigenvalue weighted by atomic mass is 10.1. The van der Waals surface area contributed by atoms with Crippen LogP contribution in [0.1, 0.15) is 55.4 Å². The molecule has 0 spiro atoms. The summed E-state index contributed by atoms with van der Waals surface area (Å²) in [5, 5.41) is 16.3. The molecule has 2 atom stereocenters. The summed E-state index contributed by atoms with van der Waals surface area (Å²) in [6.07, 6.45) is 5.11. The maximum absolute atomic E-state index is 8.81. The molecule has 7 heteroatoms. The number of aromatic nitrogens is 3. The molecule has 2 fully saturated rings. The lowest BCUT2D eigenvalue weighted by molar-refractivity contribution is 0.203. The highest BCUT2D eigenvalue weighted by Gasteiger charge is 2.32. The maximum atomic E-state index is 8.81. The Hall–Kier alpha value is -2.46. The number of nitrogens with one attached hydrogen (secondary N) is 1. The smallest absolute Gasteiger partial charge is 0.243 e. The molecule has 1 aliphatic carbocycles. The molecule has 1 aliphatic heterocycles. The minimum atomic E-state index is 0.165. The van der Waals surface area contributed by atoms with E-state index in [1.807, 2.05) is 6.07 Å². The van der Waals surface area contributed by atoms with Gasteiger partial charge in [0.15, 0.2) is 5.82 Å². The van der Waals surface area contributed by atoms with Gasteiger partial charge in [0.1, 0.15) is 11.9 Å². The van der Waals surface area contributed by atoms with Gasteiger partial charge in [-0.25, -0.2) is 4.98 Å². The van der Waals surface area contributed by atoms with Crippen molar-refractivity contribution in [3.05, 3.63) is 35.6 Å². The van der Waals surface area contributed by atoms with Gasteiger partial charge in [-0.15, -0.1) is 0 Å². The molecule has 0 unspecified atom stereocenters. The molecule has 7 nitrogen and oxygen atoms in total. The van der Waals surface area contributed by atoms with E-state index in [-0.39, 0.29) is 6.04 Å². The molecule has 0 bridgehead atoms. The SMILES string of the molecule is C[C@H](c1nc(C2CC2)no1)N1CC[C@H](CNc2ccc(C#N)cn2)C1. The lowest BCUT2D eigenvalue weighted by Gasteiger charge is -2.21. The largest absolute Gasteiger partial charge is 0.370 e. The van der Waals surface area contributed by atoms with Gasteiger partial charge in [-0.3, -0.25) is 4.90 Å². The fourth-order valence-electron chi connectivity index (χ4n) is 3.27. The minimum absolute atomic E-state index is 0.165. The standard InChI is InChI=1S/C18H22N6O/c1-12(18-22-17(23-25-18)15-3-4-15)24-7-6-14(11-24)10-21-16-5-2-13(8-19)9-20-16/h2,5,9,12,14-15H,3-4,6-7,10-11H2,1H3,(H,20,21)/t12-,14-/m1/s1. The van der Waals surface area contributed by atoms with Gasteiger partial charge in [-0.2, -0.15) is 10.2 Å². The van der Waals surface area contributed by atoms with E-state index in [2.05, 4.69) is 38.3 Å². The van der Waals surface area contributed by atoms with Gasteiger partial charge in [-0.1, -0.05) is 5.16 Å². The van der Waals surface area contributed by atoms with Crippen LogP contribution in [0, 0.1) is 17.2 Å². The second-order valence-electron chi connectivity index (χ2n) is 7.02. The van der Waals surface area contributed by atoms with Gasteiger partial charge >= 0.3 is 0 Å². The monoisotopic (exact) mass is 338 g/mol. The fraction of sp³-hybridized carbons (Fsp3) is 0.556. The number of anilines is 1. The van der Waals surface area contributed by atoms with E-state index in [1.165, 1.54) is 12.8 Å². The van der Waals surface area contributed by atoms with Crippen LogP contribution in [-0.4, -0.2) is 39.7 Å². The van der Waals surface area contributed by atoms with Gasteiger partial charge in [0, 0.05) is 25.2 Å². The zero-order valence-corrected chi connectivity index (χ0v) is 14.4. The average Bonchev–Trinajstić information content (AvgIpc) is 3.20. The van der Waals surface area contributed by atoms with Crippen molar-refractivity contribution in [3.8, 4) is 6.07 Å². The molecular weight excluding hydrogens is 316 g/mol. The molecule has 2 aromatic rings. The molecular formula is C18H22N6O. The van der Waals surface area contributed by atoms with Crippen molar-refractivity contribution in [2.75, 3.05) is 25.0 Å². The van der Waals surface area contributed by atoms with E-state index in [0.29, 0.717) is 17.4 Å². The van der Waals surface area contributed by atoms with Gasteiger partial charge in [0.05, 0.1) is 11.6 Å². The van der Waals surface area contributed by atoms with Crippen LogP contribution in [0.5, 0.6) is 0 Å². The Labute approximate surface area is 147 Å². The molecule has 130 valence electrons. The Morgan fingerprint density at radius 3 is 3.00 bits per heavy atom. The molecule has 1 saturated carbocycles. The molecule has 25 heavy (non-hydrogen) atoms. The van der Waals surface area contributed by atoms with Crippen LogP contribution in [0.15, 0.2) is 22.9 Å². The van der Waals surface area contributed by atoms with E-state index >= 15 is 0 Å². The predicted molar refractivity (Wildman–Crippen MR) is 91.8 cm³/mol. The number of hydrogen-bond acceptors (Lipinski definition) is 7. The topological polar surface area (TPSA) is 90.9 Å². The van der Waals surface area contributed by atoms with E-state index in [4.69, 9.17) is 9.78 Å². The Morgan fingerprint density at radius 2 is 2.28 bits per heavy atom. The lowest BCUT2D eigenvalue weighted by Crippen LogP contribution is -2.26. The molecule has 2 aliphatic rings. The van der Waals surface area contributed by atoms with E-state index in [0.717, 1.165) is 43.6 Å². The molecule has 1 N–H and O–H groups in total. The van der Waals surface area contributed by atoms with Crippen molar-refractivity contribution in [1.82, 2.24) is 20.0 Å². The summed E-state index contributed by atoms with van der Waals surface area (Å²) in [4.78, 5) is 11.2. The van der Waals surface area contributed by atoms with Crippen LogP contribution in [-0.2, 0) is 0 Å². The quantitative estimate of drug-likeness (QED) is 0.866. The molecule has 0 radical (unpaired) electrons. The summed E-state index contributed by atoms with van der Waals surface area (Å²) < 4.78 is 5.47. The Balaban J connectivity index is 1.28. The van der Waals surface area contributed by atoms with Crippen LogP contribution in [0.2, 0.25) is 0 Å². The van der Waals surface area contributed by atoms with Crippen molar-refractivity contribution >= 4 is 5.82 Å². The van der Waals surface area contributed by atoms with Crippen molar-refractivity contribution in [2.24, 2.45) is 5.92 Å². The van der Waals surface area contributed by atoms with Crippen LogP contribution in [0.3, 0.4) is 0 Å². The van der Waals surface area contributed by atoms with Crippen molar-refractivity contribution < 1.29 is 4.52 Å². The maximum Gasteiger partial charge on any atom is 0.243 e. The molecule has 4 rings (SSSR count). The average molecular weight is 338 g/mol. The zero-order valence-electron chi connectivity index (χ0n) is 14.4. The predicted octanol–water partition coefficient (Wildman–Crippen LogP) is 2.71. The summed E-state index contributed by atoms with van der Waals surface area (Å²) in [7, 11) is 0. The van der Waals surface area contributed by atoms with Crippen LogP contribution in [0.25, 0.3) is 0 Å². The summed E-state index contributed by atoms with van der Waals surface area (Å²) in [6.45, 7) is 5.06. The third-order valence-electron chi connectivity index (χ3n) is 5.09. The summed E-state index contributed by atoms with van der Waals surface area (Å²) >= 11 is 0. The third-order valence-corrected chi connectivity index (χ3v) is 5.09. The number of hydrogen-bond donors (Lipinski definition) is 1. The number of nitrogens with zero attached hydrogens (tertiary/aromatic N) is 5. The van der Waals surface area contributed by atoms with E-state index in [9.17, 15) is 0 Å². The number of pyridine rings is 1. The highest BCUT2D eigenvalue weighted by molar-refractivity contribution is 5.38. The van der Waals surface area contributed by atoms with E-state index in [1.54, 1.807) is 12.3 Å². The second-order valence-corrected chi connectivity index (χ2v) is 7.02. The summed E-state index contributed by atoms with van der Waals surface area (Å²) in [5.74, 6) is 3.53. The first-order valence-corrected chi connectivity index (χ1v) is 8.90. The number of nitriles is 1. The molecule has 2 aromatic heterocycles. The Kier molecular flexibility index (Phi) is 4.36. The fourth-order valence-corrected chi connectivity index (χ4v) is 3.27. The first-order chi connectivity index (χ1) is 12.2. The van der Waals surface area contributed by atoms with Crippen LogP contribution < -0.4 is 5.32 Å². The Bertz CT molecular complexity index is 761. The van der Waals surface area contributed by atoms with Crippen LogP contribution >= 0.6 is 0 Å². The molecule has 3 heterocycles. The van der Waals surface area contributed by atoms with Crippen molar-refractivity contribution in [1.29, 1.82) is 5.26 Å². The third kappa shape index (κ3) is 3.64. The van der Waals surface area contributed by atoms with Gasteiger partial charge in [0.2, 0.25) is 5.89 Å². The van der Waals surface area contributed by atoms with Crippen LogP contribution in [0.4, 0.5) is 5.82 Å². The second kappa shape index (κ2) is 6.81.